The van der Waals surface area contributed by atoms with Gasteiger partial charge < -0.3 is 5.11 Å². The first-order chi connectivity index (χ1) is 4.20. The van der Waals surface area contributed by atoms with E-state index in [1.54, 1.807) is 13.0 Å². The van der Waals surface area contributed by atoms with Gasteiger partial charge in [-0.15, -0.1) is 0 Å². The molecule has 1 atom stereocenters. The minimum Gasteiger partial charge on any atom is -0.389 e. The molecule has 0 radical (unpaired) electrons. The Bertz CT molecular complexity index is 156. The number of aliphatic hydroxyl groups excluding tert-OH is 1. The lowest BCUT2D eigenvalue weighted by atomic mass is 10.1. The Morgan fingerprint density at radius 1 is 1.67 bits per heavy atom. The molecule has 1 rings (SSSR count). The highest BCUT2D eigenvalue weighted by Crippen LogP contribution is 2.17. The lowest BCUT2D eigenvalue weighted by Crippen LogP contribution is -2.00. The first kappa shape index (κ1) is 6.49. The van der Waals surface area contributed by atoms with Crippen LogP contribution < -0.4 is 0 Å². The van der Waals surface area contributed by atoms with Gasteiger partial charge in [0.15, 0.2) is 5.78 Å². The molecule has 50 valence electrons. The minimum atomic E-state index is -0.434. The van der Waals surface area contributed by atoms with Crippen LogP contribution in [0.25, 0.3) is 0 Å². The van der Waals surface area contributed by atoms with Crippen LogP contribution in [0, 0.1) is 0 Å². The normalized spacial score (nSPS) is 22.0. The van der Waals surface area contributed by atoms with Crippen molar-refractivity contribution in [3.05, 3.63) is 11.6 Å². The molecule has 1 N–H and O–H groups in total. The van der Waals surface area contributed by atoms with Gasteiger partial charge in [0.2, 0.25) is 0 Å². The van der Waals surface area contributed by atoms with Gasteiger partial charge in [-0.2, -0.15) is 0 Å². The molecule has 0 amide bonds. The van der Waals surface area contributed by atoms with Crippen molar-refractivity contribution in [3.63, 3.8) is 0 Å². The molecule has 0 aliphatic heterocycles. The summed E-state index contributed by atoms with van der Waals surface area (Å²) in [6.07, 6.45) is 2.44. The fraction of sp³-hybridized carbons (Fsp3) is 0.571. The fourth-order valence-electron chi connectivity index (χ4n) is 0.948. The number of aliphatic hydroxyl groups is 1. The molecule has 0 aromatic rings. The summed E-state index contributed by atoms with van der Waals surface area (Å²) in [5.74, 6) is 0.144. The summed E-state index contributed by atoms with van der Waals surface area (Å²) in [6, 6.07) is 0. The van der Waals surface area contributed by atoms with E-state index in [2.05, 4.69) is 0 Å². The number of rotatable bonds is 1. The average Bonchev–Trinajstić information content (AvgIpc) is 2.14. The van der Waals surface area contributed by atoms with Gasteiger partial charge >= 0.3 is 0 Å². The smallest absolute Gasteiger partial charge is 0.156 e. The van der Waals surface area contributed by atoms with Gasteiger partial charge in [-0.3, -0.25) is 4.79 Å². The number of carbonyl (C=O) groups is 1. The van der Waals surface area contributed by atoms with Crippen molar-refractivity contribution in [3.8, 4) is 0 Å². The number of allylic oxidation sites excluding steroid dienone is 1. The highest BCUT2D eigenvalue weighted by molar-refractivity contribution is 5.93. The highest BCUT2D eigenvalue weighted by Gasteiger charge is 2.14. The van der Waals surface area contributed by atoms with Gasteiger partial charge in [0.1, 0.15) is 0 Å². The Balaban J connectivity index is 2.62. The first-order valence-corrected chi connectivity index (χ1v) is 3.11. The molecular formula is C7H10O2. The van der Waals surface area contributed by atoms with Crippen LogP contribution in [0.2, 0.25) is 0 Å². The van der Waals surface area contributed by atoms with Crippen LogP contribution in [0.5, 0.6) is 0 Å². The number of hydrogen-bond acceptors (Lipinski definition) is 2. The zero-order valence-corrected chi connectivity index (χ0v) is 5.42. The average molecular weight is 126 g/mol. The van der Waals surface area contributed by atoms with Crippen LogP contribution in [-0.4, -0.2) is 17.0 Å². The zero-order valence-electron chi connectivity index (χ0n) is 5.42. The van der Waals surface area contributed by atoms with Gasteiger partial charge in [0.25, 0.3) is 0 Å². The first-order valence-electron chi connectivity index (χ1n) is 3.11. The second-order valence-corrected chi connectivity index (χ2v) is 2.36. The van der Waals surface area contributed by atoms with E-state index >= 15 is 0 Å². The molecule has 2 nitrogen and oxygen atoms in total. The third kappa shape index (κ3) is 1.39. The topological polar surface area (TPSA) is 37.3 Å². The van der Waals surface area contributed by atoms with Crippen LogP contribution in [0.15, 0.2) is 11.6 Å². The van der Waals surface area contributed by atoms with E-state index in [0.717, 1.165) is 12.0 Å². The van der Waals surface area contributed by atoms with Crippen molar-refractivity contribution in [1.82, 2.24) is 0 Å². The molecule has 0 aromatic heterocycles. The van der Waals surface area contributed by atoms with Crippen molar-refractivity contribution in [2.45, 2.75) is 25.9 Å². The van der Waals surface area contributed by atoms with E-state index in [0.29, 0.717) is 6.42 Å². The summed E-state index contributed by atoms with van der Waals surface area (Å²) >= 11 is 0. The van der Waals surface area contributed by atoms with Crippen LogP contribution in [-0.2, 0) is 4.79 Å². The fourth-order valence-corrected chi connectivity index (χ4v) is 0.948. The number of ketones is 1. The Morgan fingerprint density at radius 2 is 2.33 bits per heavy atom. The Hall–Kier alpha value is -0.630. The van der Waals surface area contributed by atoms with Gasteiger partial charge in [-0.1, -0.05) is 0 Å². The molecule has 0 heterocycles. The summed E-state index contributed by atoms with van der Waals surface area (Å²) in [7, 11) is 0. The van der Waals surface area contributed by atoms with E-state index in [-0.39, 0.29) is 5.78 Å². The van der Waals surface area contributed by atoms with Gasteiger partial charge in [-0.05, 0) is 25.0 Å². The molecule has 0 unspecified atom stereocenters. The second-order valence-electron chi connectivity index (χ2n) is 2.36. The van der Waals surface area contributed by atoms with Gasteiger partial charge in [0, 0.05) is 6.42 Å². The SMILES string of the molecule is C[C@H](O)C1=CC(=O)CC1. The molecule has 0 saturated carbocycles. The Morgan fingerprint density at radius 3 is 2.56 bits per heavy atom. The van der Waals surface area contributed by atoms with Crippen LogP contribution >= 0.6 is 0 Å². The highest BCUT2D eigenvalue weighted by atomic mass is 16.3. The largest absolute Gasteiger partial charge is 0.389 e. The molecule has 9 heavy (non-hydrogen) atoms. The monoisotopic (exact) mass is 126 g/mol. The molecule has 2 heteroatoms. The predicted molar refractivity (Wildman–Crippen MR) is 34.0 cm³/mol. The predicted octanol–water partition coefficient (Wildman–Crippen LogP) is 0.656. The summed E-state index contributed by atoms with van der Waals surface area (Å²) in [4.78, 5) is 10.6. The molecule has 1 aliphatic rings. The van der Waals surface area contributed by atoms with Crippen LogP contribution in [0.4, 0.5) is 0 Å². The Labute approximate surface area is 54.2 Å². The third-order valence-corrected chi connectivity index (χ3v) is 1.54. The van der Waals surface area contributed by atoms with Crippen molar-refractivity contribution in [2.75, 3.05) is 0 Å². The Kier molecular flexibility index (Phi) is 1.67. The van der Waals surface area contributed by atoms with E-state index < -0.39 is 6.10 Å². The molecule has 0 aromatic carbocycles. The van der Waals surface area contributed by atoms with E-state index in [4.69, 9.17) is 5.11 Å². The molecule has 0 saturated heterocycles. The van der Waals surface area contributed by atoms with Gasteiger partial charge in [-0.25, -0.2) is 0 Å². The second kappa shape index (κ2) is 2.31. The van der Waals surface area contributed by atoms with Crippen LogP contribution in [0.3, 0.4) is 0 Å². The standard InChI is InChI=1S/C7H10O2/c1-5(8)6-2-3-7(9)4-6/h4-5,8H,2-3H2,1H3/t5-/m0/s1. The van der Waals surface area contributed by atoms with E-state index in [1.165, 1.54) is 0 Å². The molecule has 0 bridgehead atoms. The number of hydrogen-bond donors (Lipinski definition) is 1. The van der Waals surface area contributed by atoms with Gasteiger partial charge in [0.05, 0.1) is 6.10 Å². The van der Waals surface area contributed by atoms with E-state index in [1.807, 2.05) is 0 Å². The summed E-state index contributed by atoms with van der Waals surface area (Å²) in [6.45, 7) is 1.68. The minimum absolute atomic E-state index is 0.144. The van der Waals surface area contributed by atoms with Crippen molar-refractivity contribution in [2.24, 2.45) is 0 Å². The molecule has 0 fully saturated rings. The maximum absolute atomic E-state index is 10.6. The van der Waals surface area contributed by atoms with E-state index in [9.17, 15) is 4.79 Å². The van der Waals surface area contributed by atoms with Crippen molar-refractivity contribution < 1.29 is 9.90 Å². The quantitative estimate of drug-likeness (QED) is 0.560. The lowest BCUT2D eigenvalue weighted by Gasteiger charge is -2.01. The molecule has 1 aliphatic carbocycles. The van der Waals surface area contributed by atoms with Crippen molar-refractivity contribution >= 4 is 5.78 Å². The molecule has 0 spiro atoms. The summed E-state index contributed by atoms with van der Waals surface area (Å²) < 4.78 is 0. The summed E-state index contributed by atoms with van der Waals surface area (Å²) in [5, 5.41) is 8.95. The lowest BCUT2D eigenvalue weighted by molar-refractivity contribution is -0.114. The molecular weight excluding hydrogens is 116 g/mol. The third-order valence-electron chi connectivity index (χ3n) is 1.54. The summed E-state index contributed by atoms with van der Waals surface area (Å²) in [5.41, 5.74) is 0.875. The maximum Gasteiger partial charge on any atom is 0.156 e. The van der Waals surface area contributed by atoms with Crippen LogP contribution in [0.1, 0.15) is 19.8 Å². The zero-order chi connectivity index (χ0) is 6.85. The maximum atomic E-state index is 10.6. The van der Waals surface area contributed by atoms with Crippen molar-refractivity contribution in [1.29, 1.82) is 0 Å². The number of carbonyl (C=O) groups excluding carboxylic acids is 1.